The maximum atomic E-state index is 6.33. The number of hydrogen-bond donors (Lipinski definition) is 0. The highest BCUT2D eigenvalue weighted by Gasteiger charge is 2.30. The molecule has 9 rings (SSSR count). The fourth-order valence-electron chi connectivity index (χ4n) is 8.91. The van der Waals surface area contributed by atoms with Gasteiger partial charge in [-0.3, -0.25) is 15.0 Å². The van der Waals surface area contributed by atoms with Gasteiger partial charge in [-0.25, -0.2) is 0 Å². The molecular formula is C76H49N3O3. The van der Waals surface area contributed by atoms with Crippen molar-refractivity contribution in [1.82, 2.24) is 15.0 Å². The Morgan fingerprint density at radius 3 is 0.817 bits per heavy atom. The van der Waals surface area contributed by atoms with Crippen molar-refractivity contribution in [2.45, 2.75) is 26.7 Å². The number of nitrogens with zero attached hydrogens (tertiary/aromatic N) is 3. The van der Waals surface area contributed by atoms with Gasteiger partial charge in [0, 0.05) is 143 Å². The lowest BCUT2D eigenvalue weighted by atomic mass is 9.80. The summed E-state index contributed by atoms with van der Waals surface area (Å²) >= 11 is 0. The standard InChI is InChI=1S/C76H49N3O3/c1-55-67(31-10-7-19-58-22-13-25-61(49-58)34-37-64-28-16-46-77-52-64)40-43-70(74(55)80-4)73(71-44-41-68(56(2)75(71)81-5)32-11-8-20-59-23-14-26-62(50-59)35-38-65-29-17-47-78-53-65)72-45-42-69(57(3)76(72)82-6)33-12-9-21-60-24-15-27-63(51-60)36-39-66-30-18-48-79-54-66/h13-18,22-30,40-54,73H,1-6H3. The predicted octanol–water partition coefficient (Wildman–Crippen LogP) is 12.4. The summed E-state index contributed by atoms with van der Waals surface area (Å²) in [5.41, 5.74) is 14.9. The lowest BCUT2D eigenvalue weighted by Crippen LogP contribution is -2.12. The summed E-state index contributed by atoms with van der Waals surface area (Å²) in [4.78, 5) is 12.4. The van der Waals surface area contributed by atoms with E-state index in [1.165, 1.54) is 0 Å². The summed E-state index contributed by atoms with van der Waals surface area (Å²) in [6, 6.07) is 46.8. The molecule has 0 amide bonds. The fraction of sp³-hybridized carbons (Fsp3) is 0.0921. The highest BCUT2D eigenvalue weighted by Crippen LogP contribution is 2.47. The zero-order valence-corrected chi connectivity index (χ0v) is 46.0. The Balaban J connectivity index is 1.06. The van der Waals surface area contributed by atoms with Crippen molar-refractivity contribution in [2.24, 2.45) is 0 Å². The van der Waals surface area contributed by atoms with Gasteiger partial charge in [-0.15, -0.1) is 0 Å². The van der Waals surface area contributed by atoms with Gasteiger partial charge in [0.2, 0.25) is 0 Å². The molecule has 0 radical (unpaired) electrons. The van der Waals surface area contributed by atoms with Crippen LogP contribution in [0.1, 0.15) is 106 Å². The van der Waals surface area contributed by atoms with E-state index >= 15 is 0 Å². The van der Waals surface area contributed by atoms with E-state index in [1.54, 1.807) is 58.5 Å². The molecule has 6 aromatic carbocycles. The Labute approximate surface area is 481 Å². The Bertz CT molecular complexity index is 4030. The van der Waals surface area contributed by atoms with Crippen LogP contribution in [0.4, 0.5) is 0 Å². The summed E-state index contributed by atoms with van der Waals surface area (Å²) in [6.45, 7) is 6.01. The maximum absolute atomic E-state index is 6.33. The van der Waals surface area contributed by atoms with E-state index in [2.05, 4.69) is 122 Å². The van der Waals surface area contributed by atoms with Gasteiger partial charge in [-0.1, -0.05) is 107 Å². The van der Waals surface area contributed by atoms with Crippen LogP contribution in [0.5, 0.6) is 17.2 Å². The van der Waals surface area contributed by atoms with Gasteiger partial charge in [0.25, 0.3) is 0 Å². The number of hydrogen-bond acceptors (Lipinski definition) is 6. The predicted molar refractivity (Wildman–Crippen MR) is 325 cm³/mol. The molecular weight excluding hydrogens is 1000 g/mol. The molecule has 0 saturated heterocycles. The number of rotatable bonds is 6. The molecule has 0 N–H and O–H groups in total. The van der Waals surface area contributed by atoms with Crippen molar-refractivity contribution in [2.75, 3.05) is 21.3 Å². The van der Waals surface area contributed by atoms with Crippen molar-refractivity contribution in [3.05, 3.63) is 283 Å². The number of methoxy groups -OCH3 is 3. The lowest BCUT2D eigenvalue weighted by molar-refractivity contribution is 0.393. The normalized spacial score (nSPS) is 9.55. The molecule has 0 bridgehead atoms. The van der Waals surface area contributed by atoms with Crippen molar-refractivity contribution in [3.8, 4) is 124 Å². The summed E-state index contributed by atoms with van der Waals surface area (Å²) in [7, 11) is 5.02. The topological polar surface area (TPSA) is 66.4 Å². The first-order valence-corrected chi connectivity index (χ1v) is 25.9. The molecule has 0 aliphatic heterocycles. The Hall–Kier alpha value is -11.8. The molecule has 0 unspecified atom stereocenters. The maximum Gasteiger partial charge on any atom is 0.127 e. The van der Waals surface area contributed by atoms with E-state index in [1.807, 2.05) is 166 Å². The van der Waals surface area contributed by atoms with E-state index in [0.717, 1.165) is 100 Å². The molecule has 3 heterocycles. The molecule has 6 nitrogen and oxygen atoms in total. The van der Waals surface area contributed by atoms with Crippen LogP contribution in [0, 0.1) is 127 Å². The smallest absolute Gasteiger partial charge is 0.127 e. The van der Waals surface area contributed by atoms with Crippen molar-refractivity contribution >= 4 is 0 Å². The van der Waals surface area contributed by atoms with E-state index in [4.69, 9.17) is 14.2 Å². The first-order valence-electron chi connectivity index (χ1n) is 25.9. The number of ether oxygens (including phenoxy) is 3. The Morgan fingerprint density at radius 2 is 0.549 bits per heavy atom. The van der Waals surface area contributed by atoms with Gasteiger partial charge < -0.3 is 14.2 Å². The molecule has 0 aliphatic carbocycles. The van der Waals surface area contributed by atoms with Crippen LogP contribution in [-0.4, -0.2) is 36.3 Å². The third-order valence-corrected chi connectivity index (χ3v) is 12.9. The van der Waals surface area contributed by atoms with Crippen LogP contribution in [0.15, 0.2) is 183 Å². The number of aromatic nitrogens is 3. The van der Waals surface area contributed by atoms with E-state index < -0.39 is 5.92 Å². The Morgan fingerprint density at radius 1 is 0.293 bits per heavy atom. The van der Waals surface area contributed by atoms with Gasteiger partial charge in [0.15, 0.2) is 0 Å². The van der Waals surface area contributed by atoms with E-state index in [0.29, 0.717) is 17.2 Å². The minimum Gasteiger partial charge on any atom is -0.496 e. The zero-order valence-electron chi connectivity index (χ0n) is 46.0. The molecule has 3 aromatic heterocycles. The molecule has 82 heavy (non-hydrogen) atoms. The lowest BCUT2D eigenvalue weighted by Gasteiger charge is -2.27. The summed E-state index contributed by atoms with van der Waals surface area (Å²) in [5.74, 6) is 58.2. The second kappa shape index (κ2) is 27.5. The van der Waals surface area contributed by atoms with Crippen LogP contribution >= 0.6 is 0 Å². The van der Waals surface area contributed by atoms with Crippen LogP contribution in [0.2, 0.25) is 0 Å². The van der Waals surface area contributed by atoms with Crippen molar-refractivity contribution < 1.29 is 14.2 Å². The van der Waals surface area contributed by atoms with Crippen LogP contribution in [0.25, 0.3) is 0 Å². The summed E-state index contributed by atoms with van der Waals surface area (Å²) in [5, 5.41) is 0. The van der Waals surface area contributed by atoms with E-state index in [-0.39, 0.29) is 0 Å². The van der Waals surface area contributed by atoms with Crippen LogP contribution in [0.3, 0.4) is 0 Å². The van der Waals surface area contributed by atoms with Crippen LogP contribution in [-0.2, 0) is 0 Å². The van der Waals surface area contributed by atoms with Gasteiger partial charge in [-0.2, -0.15) is 0 Å². The minimum absolute atomic E-state index is 0.475. The fourth-order valence-corrected chi connectivity index (χ4v) is 8.91. The molecule has 386 valence electrons. The quantitative estimate of drug-likeness (QED) is 0.122. The van der Waals surface area contributed by atoms with E-state index in [9.17, 15) is 0 Å². The highest BCUT2D eigenvalue weighted by atomic mass is 16.5. The summed E-state index contributed by atoms with van der Waals surface area (Å²) in [6.07, 6.45) is 10.4. The molecule has 9 aromatic rings. The average molecular weight is 1050 g/mol. The number of pyridine rings is 3. The zero-order chi connectivity index (χ0) is 56.9. The van der Waals surface area contributed by atoms with Gasteiger partial charge >= 0.3 is 0 Å². The first-order chi connectivity index (χ1) is 40.3. The second-order valence-corrected chi connectivity index (χ2v) is 18.2. The number of benzene rings is 6. The highest BCUT2D eigenvalue weighted by molar-refractivity contribution is 5.67. The van der Waals surface area contributed by atoms with Gasteiger partial charge in [0.05, 0.1) is 21.3 Å². The first kappa shape index (κ1) is 55.0. The minimum atomic E-state index is -0.475. The van der Waals surface area contributed by atoms with Crippen molar-refractivity contribution in [1.29, 1.82) is 0 Å². The average Bonchev–Trinajstić information content (AvgIpc) is 3.40. The third-order valence-electron chi connectivity index (χ3n) is 12.9. The molecule has 0 aliphatic rings. The molecule has 0 atom stereocenters. The summed E-state index contributed by atoms with van der Waals surface area (Å²) < 4.78 is 19.0. The van der Waals surface area contributed by atoms with Crippen molar-refractivity contribution in [3.63, 3.8) is 0 Å². The third kappa shape index (κ3) is 14.2. The monoisotopic (exact) mass is 1050 g/mol. The van der Waals surface area contributed by atoms with Gasteiger partial charge in [0.1, 0.15) is 17.2 Å². The van der Waals surface area contributed by atoms with Gasteiger partial charge in [-0.05, 0) is 165 Å². The van der Waals surface area contributed by atoms with Crippen LogP contribution < -0.4 is 14.2 Å². The Kier molecular flexibility index (Phi) is 18.4. The second-order valence-electron chi connectivity index (χ2n) is 18.2. The molecule has 0 saturated carbocycles. The largest absolute Gasteiger partial charge is 0.496 e. The SMILES string of the molecule is COc1c(C(c2ccc(C#CC#Cc3cccc(C#Cc4cccnc4)c3)c(C)c2OC)c2ccc(C#CC#Cc3cccc(C#Cc4cccnc4)c3)c(C)c2OC)ccc(C#CC#Cc2cccc(C#Cc3cccnc3)c2)c1C. The molecule has 6 heteroatoms. The molecule has 0 spiro atoms. The molecule has 0 fully saturated rings.